The molecule has 0 aliphatic heterocycles. The fourth-order valence-electron chi connectivity index (χ4n) is 1.88. The van der Waals surface area contributed by atoms with Crippen LogP contribution in [0.25, 0.3) is 0 Å². The molecule has 0 bridgehead atoms. The maximum atomic E-state index is 13.7. The molecule has 6 heteroatoms. The largest absolute Gasteiger partial charge is 0.300 e. The van der Waals surface area contributed by atoms with Crippen molar-refractivity contribution in [1.29, 1.82) is 0 Å². The van der Waals surface area contributed by atoms with Crippen LogP contribution in [0.3, 0.4) is 0 Å². The van der Waals surface area contributed by atoms with E-state index in [2.05, 4.69) is 15.3 Å². The van der Waals surface area contributed by atoms with E-state index in [1.807, 2.05) is 26.1 Å². The summed E-state index contributed by atoms with van der Waals surface area (Å²) in [5, 5.41) is 0.682. The van der Waals surface area contributed by atoms with Crippen molar-refractivity contribution < 1.29 is 4.39 Å². The van der Waals surface area contributed by atoms with Gasteiger partial charge in [-0.1, -0.05) is 29.5 Å². The molecule has 102 valence electrons. The second-order valence-corrected chi connectivity index (χ2v) is 5.50. The van der Waals surface area contributed by atoms with E-state index < -0.39 is 0 Å². The van der Waals surface area contributed by atoms with Crippen LogP contribution in [0.15, 0.2) is 30.5 Å². The number of nitrogens with one attached hydrogen (secondary N) is 1. The van der Waals surface area contributed by atoms with E-state index in [0.29, 0.717) is 17.2 Å². The van der Waals surface area contributed by atoms with Crippen LogP contribution in [0, 0.1) is 5.82 Å². The topological polar surface area (TPSA) is 54.2 Å². The van der Waals surface area contributed by atoms with Gasteiger partial charge in [-0.05, 0) is 20.0 Å². The molecule has 0 amide bonds. The third-order valence-corrected chi connectivity index (χ3v) is 4.01. The highest BCUT2D eigenvalue weighted by Crippen LogP contribution is 2.25. The fraction of sp³-hybridized carbons (Fsp3) is 0.308. The number of hydrazine groups is 1. The van der Waals surface area contributed by atoms with Gasteiger partial charge in [-0.15, -0.1) is 0 Å². The van der Waals surface area contributed by atoms with E-state index in [4.69, 9.17) is 5.84 Å². The molecular formula is C13H17FN4S. The molecule has 0 saturated carbocycles. The van der Waals surface area contributed by atoms with Crippen molar-refractivity contribution in [2.75, 3.05) is 12.5 Å². The number of nitrogen functional groups attached to an aromatic ring is 1. The second kappa shape index (κ2) is 6.10. The van der Waals surface area contributed by atoms with Crippen LogP contribution in [0.5, 0.6) is 0 Å². The molecule has 19 heavy (non-hydrogen) atoms. The van der Waals surface area contributed by atoms with Crippen molar-refractivity contribution in [3.8, 4) is 0 Å². The number of benzene rings is 1. The van der Waals surface area contributed by atoms with Crippen molar-refractivity contribution in [1.82, 2.24) is 9.88 Å². The summed E-state index contributed by atoms with van der Waals surface area (Å²) in [7, 11) is 1.96. The Morgan fingerprint density at radius 2 is 2.21 bits per heavy atom. The standard InChI is InChI=1S/C13H17FN4S/c1-9(11-5-3-4-6-12(11)14)18(2)8-10-7-16-13(17-15)19-10/h3-7,9H,8,15H2,1-2H3,(H,16,17). The molecule has 0 radical (unpaired) electrons. The van der Waals surface area contributed by atoms with Crippen LogP contribution in [-0.4, -0.2) is 16.9 Å². The average molecular weight is 280 g/mol. The van der Waals surface area contributed by atoms with Crippen molar-refractivity contribution in [2.24, 2.45) is 5.84 Å². The van der Waals surface area contributed by atoms with Gasteiger partial charge < -0.3 is 0 Å². The van der Waals surface area contributed by atoms with E-state index in [1.54, 1.807) is 12.3 Å². The highest BCUT2D eigenvalue weighted by atomic mass is 32.1. The number of halogens is 1. The first-order valence-electron chi connectivity index (χ1n) is 5.97. The number of aromatic nitrogens is 1. The van der Waals surface area contributed by atoms with Crippen molar-refractivity contribution in [3.63, 3.8) is 0 Å². The summed E-state index contributed by atoms with van der Waals surface area (Å²) < 4.78 is 13.7. The number of hydrogen-bond donors (Lipinski definition) is 2. The van der Waals surface area contributed by atoms with E-state index in [9.17, 15) is 4.39 Å². The predicted molar refractivity (Wildman–Crippen MR) is 76.2 cm³/mol. The minimum absolute atomic E-state index is 0.00224. The Kier molecular flexibility index (Phi) is 4.47. The Morgan fingerprint density at radius 1 is 1.47 bits per heavy atom. The molecule has 2 rings (SSSR count). The van der Waals surface area contributed by atoms with Crippen LogP contribution >= 0.6 is 11.3 Å². The third kappa shape index (κ3) is 3.28. The molecule has 1 aromatic carbocycles. The van der Waals surface area contributed by atoms with Gasteiger partial charge in [0.05, 0.1) is 0 Å². The lowest BCUT2D eigenvalue weighted by molar-refractivity contribution is 0.250. The summed E-state index contributed by atoms with van der Waals surface area (Å²) in [6.45, 7) is 2.69. The number of rotatable bonds is 5. The first kappa shape index (κ1) is 13.9. The Labute approximate surface area is 116 Å². The number of thiazole rings is 1. The highest BCUT2D eigenvalue weighted by Gasteiger charge is 2.16. The van der Waals surface area contributed by atoms with E-state index in [0.717, 1.165) is 4.88 Å². The Balaban J connectivity index is 2.07. The molecule has 0 saturated heterocycles. The Hall–Kier alpha value is -1.50. The Bertz CT molecular complexity index is 543. The molecule has 1 heterocycles. The molecule has 4 nitrogen and oxygen atoms in total. The third-order valence-electron chi connectivity index (χ3n) is 3.10. The van der Waals surface area contributed by atoms with Crippen molar-refractivity contribution >= 4 is 16.5 Å². The monoisotopic (exact) mass is 280 g/mol. The molecule has 2 aromatic rings. The van der Waals surface area contributed by atoms with Gasteiger partial charge in [-0.25, -0.2) is 15.2 Å². The quantitative estimate of drug-likeness (QED) is 0.653. The van der Waals surface area contributed by atoms with Crippen LogP contribution in [0.1, 0.15) is 23.4 Å². The zero-order valence-electron chi connectivity index (χ0n) is 10.9. The summed E-state index contributed by atoms with van der Waals surface area (Å²) >= 11 is 1.50. The van der Waals surface area contributed by atoms with Crippen molar-refractivity contribution in [2.45, 2.75) is 19.5 Å². The molecule has 1 aromatic heterocycles. The van der Waals surface area contributed by atoms with Gasteiger partial charge in [0.2, 0.25) is 0 Å². The zero-order valence-corrected chi connectivity index (χ0v) is 11.7. The summed E-state index contributed by atoms with van der Waals surface area (Å²) in [5.74, 6) is 5.13. The lowest BCUT2D eigenvalue weighted by Gasteiger charge is -2.24. The normalized spacial score (nSPS) is 12.7. The number of hydrogen-bond acceptors (Lipinski definition) is 5. The lowest BCUT2D eigenvalue weighted by Crippen LogP contribution is -2.22. The van der Waals surface area contributed by atoms with Gasteiger partial charge >= 0.3 is 0 Å². The maximum absolute atomic E-state index is 13.7. The molecule has 0 aliphatic rings. The van der Waals surface area contributed by atoms with E-state index in [-0.39, 0.29) is 11.9 Å². The van der Waals surface area contributed by atoms with Gasteiger partial charge in [0, 0.05) is 29.2 Å². The van der Waals surface area contributed by atoms with Gasteiger partial charge in [0.1, 0.15) is 5.82 Å². The first-order valence-corrected chi connectivity index (χ1v) is 6.79. The van der Waals surface area contributed by atoms with Crippen LogP contribution in [-0.2, 0) is 6.54 Å². The van der Waals surface area contributed by atoms with Crippen LogP contribution in [0.4, 0.5) is 9.52 Å². The minimum atomic E-state index is -0.171. The van der Waals surface area contributed by atoms with Gasteiger partial charge in [-0.3, -0.25) is 10.3 Å². The predicted octanol–water partition coefficient (Wildman–Crippen LogP) is 2.76. The van der Waals surface area contributed by atoms with Crippen LogP contribution in [0.2, 0.25) is 0 Å². The number of nitrogens with two attached hydrogens (primary N) is 1. The maximum Gasteiger partial charge on any atom is 0.197 e. The number of anilines is 1. The molecule has 1 atom stereocenters. The van der Waals surface area contributed by atoms with Gasteiger partial charge in [0.25, 0.3) is 0 Å². The summed E-state index contributed by atoms with van der Waals surface area (Å²) in [4.78, 5) is 7.28. The molecule has 3 N–H and O–H groups in total. The fourth-order valence-corrected chi connectivity index (χ4v) is 2.67. The minimum Gasteiger partial charge on any atom is -0.300 e. The summed E-state index contributed by atoms with van der Waals surface area (Å²) in [6.07, 6.45) is 1.78. The molecule has 0 fully saturated rings. The van der Waals surface area contributed by atoms with E-state index >= 15 is 0 Å². The highest BCUT2D eigenvalue weighted by molar-refractivity contribution is 7.15. The number of nitrogens with zero attached hydrogens (tertiary/aromatic N) is 2. The summed E-state index contributed by atoms with van der Waals surface area (Å²) in [5.41, 5.74) is 3.22. The summed E-state index contributed by atoms with van der Waals surface area (Å²) in [6, 6.07) is 6.86. The van der Waals surface area contributed by atoms with Crippen LogP contribution < -0.4 is 11.3 Å². The second-order valence-electron chi connectivity index (χ2n) is 4.39. The lowest BCUT2D eigenvalue weighted by atomic mass is 10.1. The van der Waals surface area contributed by atoms with Gasteiger partial charge in [-0.2, -0.15) is 0 Å². The Morgan fingerprint density at radius 3 is 2.84 bits per heavy atom. The van der Waals surface area contributed by atoms with Gasteiger partial charge in [0.15, 0.2) is 5.13 Å². The average Bonchev–Trinajstić information content (AvgIpc) is 2.86. The SMILES string of the molecule is CC(c1ccccc1F)N(C)Cc1cnc(NN)s1. The van der Waals surface area contributed by atoms with Crippen molar-refractivity contribution in [3.05, 3.63) is 46.7 Å². The van der Waals surface area contributed by atoms with E-state index in [1.165, 1.54) is 17.4 Å². The smallest absolute Gasteiger partial charge is 0.197 e. The molecule has 0 aliphatic carbocycles. The first-order chi connectivity index (χ1) is 9.11. The molecule has 1 unspecified atom stereocenters. The molecule has 0 spiro atoms. The zero-order chi connectivity index (χ0) is 13.8. The molecular weight excluding hydrogens is 263 g/mol.